The highest BCUT2D eigenvalue weighted by atomic mass is 79.9. The van der Waals surface area contributed by atoms with Crippen LogP contribution in [-0.4, -0.2) is 6.26 Å². The van der Waals surface area contributed by atoms with Gasteiger partial charge in [0.25, 0.3) is 0 Å². The minimum Gasteiger partial charge on any atom is -0.398 e. The van der Waals surface area contributed by atoms with Crippen molar-refractivity contribution in [3.8, 4) is 0 Å². The lowest BCUT2D eigenvalue weighted by molar-refractivity contribution is 1.12. The van der Waals surface area contributed by atoms with Gasteiger partial charge in [-0.2, -0.15) is 0 Å². The van der Waals surface area contributed by atoms with Gasteiger partial charge in [0.1, 0.15) is 0 Å². The molecule has 0 unspecified atom stereocenters. The highest BCUT2D eigenvalue weighted by Crippen LogP contribution is 2.31. The Labute approximate surface area is 127 Å². The summed E-state index contributed by atoms with van der Waals surface area (Å²) >= 11 is 5.30. The molecule has 0 fully saturated rings. The van der Waals surface area contributed by atoms with Crippen LogP contribution < -0.4 is 5.73 Å². The van der Waals surface area contributed by atoms with E-state index < -0.39 is 0 Å². The molecule has 0 spiro atoms. The van der Waals surface area contributed by atoms with E-state index in [9.17, 15) is 0 Å². The van der Waals surface area contributed by atoms with Gasteiger partial charge in [0.05, 0.1) is 0 Å². The Balaban J connectivity index is 2.25. The van der Waals surface area contributed by atoms with Crippen molar-refractivity contribution in [1.29, 1.82) is 0 Å². The monoisotopic (exact) mass is 335 g/mol. The lowest BCUT2D eigenvalue weighted by Gasteiger charge is -2.10. The van der Waals surface area contributed by atoms with E-state index in [1.165, 1.54) is 21.6 Å². The number of thioether (sulfide) groups is 1. The third-order valence-corrected chi connectivity index (χ3v) is 4.94. The quantitative estimate of drug-likeness (QED) is 0.634. The molecule has 0 heterocycles. The van der Waals surface area contributed by atoms with Gasteiger partial charge < -0.3 is 5.73 Å². The van der Waals surface area contributed by atoms with Crippen LogP contribution in [0.2, 0.25) is 0 Å². The molecule has 2 aromatic carbocycles. The zero-order chi connectivity index (χ0) is 13.8. The summed E-state index contributed by atoms with van der Waals surface area (Å²) in [5, 5.41) is 0. The topological polar surface area (TPSA) is 26.0 Å². The summed E-state index contributed by atoms with van der Waals surface area (Å²) in [5.41, 5.74) is 10.8. The Bertz CT molecular complexity index is 564. The van der Waals surface area contributed by atoms with Crippen molar-refractivity contribution in [2.24, 2.45) is 0 Å². The summed E-state index contributed by atoms with van der Waals surface area (Å²) in [5.74, 6) is 0. The lowest BCUT2D eigenvalue weighted by Crippen LogP contribution is -1.97. The number of aryl methyl sites for hydroxylation is 1. The van der Waals surface area contributed by atoms with Crippen LogP contribution in [0.1, 0.15) is 23.6 Å². The molecule has 2 rings (SSSR count). The Morgan fingerprint density at radius 2 is 1.74 bits per heavy atom. The van der Waals surface area contributed by atoms with Gasteiger partial charge in [-0.3, -0.25) is 0 Å². The van der Waals surface area contributed by atoms with Crippen LogP contribution in [0.25, 0.3) is 0 Å². The van der Waals surface area contributed by atoms with Gasteiger partial charge in [0, 0.05) is 15.1 Å². The molecule has 100 valence electrons. The first kappa shape index (κ1) is 14.5. The predicted octanol–water partition coefficient (Wildman–Crippen LogP) is 4.91. The van der Waals surface area contributed by atoms with Gasteiger partial charge in [0.2, 0.25) is 0 Å². The molecule has 19 heavy (non-hydrogen) atoms. The summed E-state index contributed by atoms with van der Waals surface area (Å²) in [6.07, 6.45) is 4.02. The second-order valence-corrected chi connectivity index (χ2v) is 6.23. The van der Waals surface area contributed by atoms with E-state index in [1.807, 2.05) is 6.07 Å². The molecule has 0 amide bonds. The zero-order valence-corrected chi connectivity index (χ0v) is 13.6. The number of hydrogen-bond acceptors (Lipinski definition) is 2. The minimum absolute atomic E-state index is 0.868. The summed E-state index contributed by atoms with van der Waals surface area (Å²) in [6.45, 7) is 2.17. The Hall–Kier alpha value is -0.930. The smallest absolute Gasteiger partial charge is 0.0362 e. The van der Waals surface area contributed by atoms with Gasteiger partial charge in [-0.05, 0) is 63.9 Å². The standard InChI is InChI=1S/C16H18BrNS/c1-3-11-4-6-12(7-5-11)8-13-9-14(17)16(19-2)10-15(13)18/h4-7,9-10H,3,8,18H2,1-2H3. The number of nitrogens with two attached hydrogens (primary N) is 1. The van der Waals surface area contributed by atoms with Crippen molar-refractivity contribution in [2.75, 3.05) is 12.0 Å². The lowest BCUT2D eigenvalue weighted by atomic mass is 10.0. The molecule has 3 heteroatoms. The normalized spacial score (nSPS) is 10.7. The average molecular weight is 336 g/mol. The first-order valence-corrected chi connectivity index (χ1v) is 8.35. The number of benzene rings is 2. The largest absolute Gasteiger partial charge is 0.398 e. The fraction of sp³-hybridized carbons (Fsp3) is 0.250. The van der Waals surface area contributed by atoms with Crippen LogP contribution >= 0.6 is 27.7 Å². The van der Waals surface area contributed by atoms with Crippen LogP contribution in [0.15, 0.2) is 45.8 Å². The van der Waals surface area contributed by atoms with Crippen LogP contribution in [-0.2, 0) is 12.8 Å². The molecule has 0 radical (unpaired) electrons. The SMILES string of the molecule is CCc1ccc(Cc2cc(Br)c(SC)cc2N)cc1. The molecule has 2 N–H and O–H groups in total. The number of rotatable bonds is 4. The van der Waals surface area contributed by atoms with E-state index in [1.54, 1.807) is 11.8 Å². The van der Waals surface area contributed by atoms with Gasteiger partial charge >= 0.3 is 0 Å². The summed E-state index contributed by atoms with van der Waals surface area (Å²) < 4.78 is 1.12. The minimum atomic E-state index is 0.868. The van der Waals surface area contributed by atoms with E-state index in [2.05, 4.69) is 59.4 Å². The highest BCUT2D eigenvalue weighted by Gasteiger charge is 2.06. The van der Waals surface area contributed by atoms with E-state index in [-0.39, 0.29) is 0 Å². The maximum atomic E-state index is 6.14. The number of halogens is 1. The molecule has 1 nitrogen and oxygen atoms in total. The van der Waals surface area contributed by atoms with Gasteiger partial charge in [-0.15, -0.1) is 11.8 Å². The van der Waals surface area contributed by atoms with Crippen molar-refractivity contribution in [3.63, 3.8) is 0 Å². The predicted molar refractivity (Wildman–Crippen MR) is 89.0 cm³/mol. The molecular weight excluding hydrogens is 318 g/mol. The third kappa shape index (κ3) is 3.54. The van der Waals surface area contributed by atoms with E-state index >= 15 is 0 Å². The van der Waals surface area contributed by atoms with Crippen LogP contribution in [0.5, 0.6) is 0 Å². The molecular formula is C16H18BrNS. The van der Waals surface area contributed by atoms with Crippen molar-refractivity contribution in [2.45, 2.75) is 24.7 Å². The van der Waals surface area contributed by atoms with Crippen molar-refractivity contribution in [1.82, 2.24) is 0 Å². The second kappa shape index (κ2) is 6.49. The first-order chi connectivity index (χ1) is 9.13. The summed E-state index contributed by atoms with van der Waals surface area (Å²) in [4.78, 5) is 1.18. The van der Waals surface area contributed by atoms with Crippen LogP contribution in [0.4, 0.5) is 5.69 Å². The maximum absolute atomic E-state index is 6.14. The zero-order valence-electron chi connectivity index (χ0n) is 11.2. The summed E-state index contributed by atoms with van der Waals surface area (Å²) in [6, 6.07) is 12.9. The second-order valence-electron chi connectivity index (χ2n) is 4.53. The Morgan fingerprint density at radius 3 is 2.32 bits per heavy atom. The molecule has 0 aliphatic rings. The Kier molecular flexibility index (Phi) is 4.94. The third-order valence-electron chi connectivity index (χ3n) is 3.24. The van der Waals surface area contributed by atoms with Crippen LogP contribution in [0.3, 0.4) is 0 Å². The van der Waals surface area contributed by atoms with E-state index in [0.29, 0.717) is 0 Å². The van der Waals surface area contributed by atoms with Crippen molar-refractivity contribution < 1.29 is 0 Å². The number of anilines is 1. The van der Waals surface area contributed by atoms with Gasteiger partial charge in [0.15, 0.2) is 0 Å². The molecule has 0 aliphatic heterocycles. The average Bonchev–Trinajstić information content (AvgIpc) is 2.43. The van der Waals surface area contributed by atoms with E-state index in [4.69, 9.17) is 5.73 Å². The number of nitrogen functional groups attached to an aromatic ring is 1. The molecule has 0 bridgehead atoms. The molecule has 0 aromatic heterocycles. The van der Waals surface area contributed by atoms with E-state index in [0.717, 1.165) is 23.0 Å². The molecule has 0 saturated carbocycles. The van der Waals surface area contributed by atoms with Gasteiger partial charge in [-0.25, -0.2) is 0 Å². The molecule has 0 saturated heterocycles. The fourth-order valence-corrected chi connectivity index (χ4v) is 3.41. The maximum Gasteiger partial charge on any atom is 0.0362 e. The van der Waals surface area contributed by atoms with Crippen LogP contribution in [0, 0.1) is 0 Å². The van der Waals surface area contributed by atoms with Crippen molar-refractivity contribution in [3.05, 3.63) is 57.6 Å². The fourth-order valence-electron chi connectivity index (χ4n) is 2.03. The molecule has 0 atom stereocenters. The highest BCUT2D eigenvalue weighted by molar-refractivity contribution is 9.10. The first-order valence-electron chi connectivity index (χ1n) is 6.33. The Morgan fingerprint density at radius 1 is 1.11 bits per heavy atom. The number of hydrogen-bond donors (Lipinski definition) is 1. The molecule has 2 aromatic rings. The molecule has 0 aliphatic carbocycles. The van der Waals surface area contributed by atoms with Gasteiger partial charge in [-0.1, -0.05) is 31.2 Å². The summed E-state index contributed by atoms with van der Waals surface area (Å²) in [7, 11) is 0. The van der Waals surface area contributed by atoms with Crippen molar-refractivity contribution >= 4 is 33.4 Å².